The number of carbonyl (C=O) groups excluding carboxylic acids is 1. The van der Waals surface area contributed by atoms with Crippen LogP contribution in [0.15, 0.2) is 24.3 Å². The minimum absolute atomic E-state index is 0.155. The summed E-state index contributed by atoms with van der Waals surface area (Å²) in [5.74, 6) is 2.25. The Morgan fingerprint density at radius 2 is 1.79 bits per heavy atom. The van der Waals surface area contributed by atoms with Gasteiger partial charge in [-0.25, -0.2) is 9.97 Å². The molecule has 1 aliphatic rings. The number of hydrogen-bond acceptors (Lipinski definition) is 6. The normalized spacial score (nSPS) is 14.8. The number of benzene rings is 1. The topological polar surface area (TPSA) is 85.4 Å². The Kier molecular flexibility index (Phi) is 6.68. The van der Waals surface area contributed by atoms with Gasteiger partial charge in [0.15, 0.2) is 0 Å². The van der Waals surface area contributed by atoms with Crippen LogP contribution in [0.2, 0.25) is 0 Å². The Balaban J connectivity index is 1.78. The maximum atomic E-state index is 12.7. The summed E-state index contributed by atoms with van der Waals surface area (Å²) in [5, 5.41) is 6.34. The molecule has 150 valence electrons. The minimum Gasteiger partial charge on any atom is -0.497 e. The predicted molar refractivity (Wildman–Crippen MR) is 109 cm³/mol. The van der Waals surface area contributed by atoms with Gasteiger partial charge in [-0.2, -0.15) is 0 Å². The van der Waals surface area contributed by atoms with Crippen molar-refractivity contribution in [3.05, 3.63) is 35.8 Å². The molecule has 0 saturated heterocycles. The maximum absolute atomic E-state index is 12.7. The fraction of sp³-hybridized carbons (Fsp3) is 0.476. The lowest BCUT2D eigenvalue weighted by Crippen LogP contribution is -2.35. The van der Waals surface area contributed by atoms with Crippen molar-refractivity contribution < 1.29 is 14.3 Å². The van der Waals surface area contributed by atoms with Crippen molar-refractivity contribution in [2.45, 2.75) is 51.5 Å². The molecule has 1 aliphatic carbocycles. The van der Waals surface area contributed by atoms with Crippen LogP contribution >= 0.6 is 0 Å². The molecule has 1 aromatic carbocycles. The summed E-state index contributed by atoms with van der Waals surface area (Å²) in [6.07, 6.45) is 6.88. The first kappa shape index (κ1) is 19.9. The van der Waals surface area contributed by atoms with Gasteiger partial charge >= 0.3 is 0 Å². The monoisotopic (exact) mass is 384 g/mol. The molecule has 1 heterocycles. The van der Waals surface area contributed by atoms with Crippen LogP contribution in [0.4, 0.5) is 11.5 Å². The van der Waals surface area contributed by atoms with Gasteiger partial charge in [-0.15, -0.1) is 0 Å². The van der Waals surface area contributed by atoms with Gasteiger partial charge in [-0.05, 0) is 31.9 Å². The third-order valence-electron chi connectivity index (χ3n) is 4.93. The number of methoxy groups -OCH3 is 2. The van der Waals surface area contributed by atoms with Crippen LogP contribution in [0.5, 0.6) is 11.5 Å². The predicted octanol–water partition coefficient (Wildman–Crippen LogP) is 4.00. The molecular weight excluding hydrogens is 356 g/mol. The summed E-state index contributed by atoms with van der Waals surface area (Å²) < 4.78 is 10.7. The van der Waals surface area contributed by atoms with Gasteiger partial charge in [0.1, 0.15) is 28.8 Å². The molecule has 1 aromatic heterocycles. The summed E-state index contributed by atoms with van der Waals surface area (Å²) in [7, 11) is 3.21. The van der Waals surface area contributed by atoms with E-state index in [9.17, 15) is 4.79 Å². The third-order valence-corrected chi connectivity index (χ3v) is 4.93. The minimum atomic E-state index is -0.155. The number of carbonyl (C=O) groups is 1. The zero-order valence-electron chi connectivity index (χ0n) is 16.7. The molecule has 0 radical (unpaired) electrons. The lowest BCUT2D eigenvalue weighted by molar-refractivity contribution is 0.0928. The van der Waals surface area contributed by atoms with E-state index in [1.54, 1.807) is 27.2 Å². The van der Waals surface area contributed by atoms with E-state index in [2.05, 4.69) is 20.6 Å². The van der Waals surface area contributed by atoms with Crippen LogP contribution in [-0.2, 0) is 0 Å². The van der Waals surface area contributed by atoms with Crippen LogP contribution in [0.25, 0.3) is 0 Å². The fourth-order valence-corrected chi connectivity index (χ4v) is 3.48. The van der Waals surface area contributed by atoms with Crippen molar-refractivity contribution in [2.24, 2.45) is 0 Å². The number of amides is 1. The van der Waals surface area contributed by atoms with Crippen LogP contribution in [0, 0.1) is 6.92 Å². The molecule has 2 N–H and O–H groups in total. The van der Waals surface area contributed by atoms with E-state index in [-0.39, 0.29) is 11.9 Å². The van der Waals surface area contributed by atoms with E-state index < -0.39 is 0 Å². The molecule has 1 fully saturated rings. The molecule has 0 atom stereocenters. The second-order valence-electron chi connectivity index (χ2n) is 7.04. The highest BCUT2D eigenvalue weighted by atomic mass is 16.5. The molecule has 7 nitrogen and oxygen atoms in total. The number of aryl methyl sites for hydroxylation is 1. The maximum Gasteiger partial charge on any atom is 0.270 e. The molecule has 3 rings (SSSR count). The van der Waals surface area contributed by atoms with Gasteiger partial charge < -0.3 is 20.1 Å². The summed E-state index contributed by atoms with van der Waals surface area (Å²) in [6.45, 7) is 1.77. The molecule has 0 unspecified atom stereocenters. The van der Waals surface area contributed by atoms with Crippen molar-refractivity contribution in [3.8, 4) is 11.5 Å². The van der Waals surface area contributed by atoms with Crippen LogP contribution in [0.1, 0.15) is 54.8 Å². The second kappa shape index (κ2) is 9.39. The number of rotatable bonds is 6. The lowest BCUT2D eigenvalue weighted by Gasteiger charge is -2.17. The molecule has 1 saturated carbocycles. The van der Waals surface area contributed by atoms with E-state index in [4.69, 9.17) is 9.47 Å². The van der Waals surface area contributed by atoms with Crippen molar-refractivity contribution in [3.63, 3.8) is 0 Å². The first-order valence-corrected chi connectivity index (χ1v) is 9.74. The van der Waals surface area contributed by atoms with Crippen molar-refractivity contribution in [2.75, 3.05) is 19.5 Å². The summed E-state index contributed by atoms with van der Waals surface area (Å²) in [4.78, 5) is 21.5. The smallest absolute Gasteiger partial charge is 0.270 e. The van der Waals surface area contributed by atoms with Gasteiger partial charge in [0.2, 0.25) is 0 Å². The third kappa shape index (κ3) is 5.12. The zero-order chi connectivity index (χ0) is 19.9. The summed E-state index contributed by atoms with van der Waals surface area (Å²) >= 11 is 0. The van der Waals surface area contributed by atoms with Crippen molar-refractivity contribution >= 4 is 17.4 Å². The Hall–Kier alpha value is -2.83. The molecule has 0 aliphatic heterocycles. The van der Waals surface area contributed by atoms with E-state index >= 15 is 0 Å². The number of ether oxygens (including phenoxy) is 2. The highest BCUT2D eigenvalue weighted by molar-refractivity contribution is 5.93. The lowest BCUT2D eigenvalue weighted by atomic mass is 10.1. The first-order valence-electron chi connectivity index (χ1n) is 9.74. The summed E-state index contributed by atoms with van der Waals surface area (Å²) in [6, 6.07) is 7.34. The number of nitrogens with one attached hydrogen (secondary N) is 2. The standard InChI is InChI=1S/C21H28N4O3/c1-14-22-18(21(26)24-15-8-6-4-5-7-9-15)13-20(23-14)25-17-12-16(27-2)10-11-19(17)28-3/h10-13,15H,4-9H2,1-3H3,(H,24,26)(H,22,23,25). The van der Waals surface area contributed by atoms with Crippen molar-refractivity contribution in [1.29, 1.82) is 0 Å². The Morgan fingerprint density at radius 3 is 2.46 bits per heavy atom. The van der Waals surface area contributed by atoms with Crippen LogP contribution < -0.4 is 20.1 Å². The molecule has 2 aromatic rings. The van der Waals surface area contributed by atoms with E-state index in [1.807, 2.05) is 18.2 Å². The highest BCUT2D eigenvalue weighted by Gasteiger charge is 2.18. The van der Waals surface area contributed by atoms with E-state index in [1.165, 1.54) is 12.8 Å². The average Bonchev–Trinajstić information content (AvgIpc) is 2.96. The summed E-state index contributed by atoms with van der Waals surface area (Å²) in [5.41, 5.74) is 1.07. The van der Waals surface area contributed by atoms with E-state index in [0.717, 1.165) is 25.7 Å². The quantitative estimate of drug-likeness (QED) is 0.732. The van der Waals surface area contributed by atoms with Crippen LogP contribution in [-0.4, -0.2) is 36.1 Å². The Morgan fingerprint density at radius 1 is 1.04 bits per heavy atom. The van der Waals surface area contributed by atoms with E-state index in [0.29, 0.717) is 34.5 Å². The Bertz CT molecular complexity index is 817. The van der Waals surface area contributed by atoms with Gasteiger partial charge in [0.25, 0.3) is 5.91 Å². The Labute approximate surface area is 165 Å². The number of nitrogens with zero attached hydrogens (tertiary/aromatic N) is 2. The second-order valence-corrected chi connectivity index (χ2v) is 7.04. The van der Waals surface area contributed by atoms with Gasteiger partial charge in [-0.1, -0.05) is 25.7 Å². The number of anilines is 2. The highest BCUT2D eigenvalue weighted by Crippen LogP contribution is 2.31. The molecule has 1 amide bonds. The largest absolute Gasteiger partial charge is 0.497 e. The molecule has 0 bridgehead atoms. The fourth-order valence-electron chi connectivity index (χ4n) is 3.48. The molecule has 7 heteroatoms. The van der Waals surface area contributed by atoms with Gasteiger partial charge in [0, 0.05) is 18.2 Å². The number of aromatic nitrogens is 2. The molecule has 28 heavy (non-hydrogen) atoms. The molecular formula is C21H28N4O3. The van der Waals surface area contributed by atoms with Gasteiger partial charge in [-0.3, -0.25) is 4.79 Å². The molecule has 0 spiro atoms. The zero-order valence-corrected chi connectivity index (χ0v) is 16.7. The number of hydrogen-bond donors (Lipinski definition) is 2. The van der Waals surface area contributed by atoms with Crippen LogP contribution in [0.3, 0.4) is 0 Å². The average molecular weight is 384 g/mol. The van der Waals surface area contributed by atoms with Crippen molar-refractivity contribution in [1.82, 2.24) is 15.3 Å². The first-order chi connectivity index (χ1) is 13.6. The van der Waals surface area contributed by atoms with Gasteiger partial charge in [0.05, 0.1) is 19.9 Å². The SMILES string of the molecule is COc1ccc(OC)c(Nc2cc(C(=O)NC3CCCCCC3)nc(C)n2)c1.